The molecule has 1 aliphatic heterocycles. The van der Waals surface area contributed by atoms with Gasteiger partial charge in [-0.05, 0) is 37.8 Å². The minimum absolute atomic E-state index is 0.143. The Labute approximate surface area is 162 Å². The largest absolute Gasteiger partial charge is 0.339 e. The molecule has 5 rings (SSSR count). The Morgan fingerprint density at radius 3 is 2.64 bits per heavy atom. The normalized spacial score (nSPS) is 21.1. The first kappa shape index (κ1) is 17.5. The fourth-order valence-electron chi connectivity index (χ4n) is 3.51. The lowest BCUT2D eigenvalue weighted by molar-refractivity contribution is 0.265. The van der Waals surface area contributed by atoms with Crippen LogP contribution in [-0.4, -0.2) is 51.1 Å². The van der Waals surface area contributed by atoms with Crippen molar-refractivity contribution in [3.05, 3.63) is 42.0 Å². The Bertz CT molecular complexity index is 1070. The minimum Gasteiger partial charge on any atom is -0.339 e. The van der Waals surface area contributed by atoms with Gasteiger partial charge in [0.2, 0.25) is 27.6 Å². The molecule has 1 unspecified atom stereocenters. The summed E-state index contributed by atoms with van der Waals surface area (Å²) in [6, 6.07) is 8.49. The summed E-state index contributed by atoms with van der Waals surface area (Å²) in [6.45, 7) is 0.806. The van der Waals surface area contributed by atoms with Crippen LogP contribution in [0, 0.1) is 0 Å². The molecule has 1 N–H and O–H groups in total. The summed E-state index contributed by atoms with van der Waals surface area (Å²) in [5, 5.41) is 11.1. The molecule has 146 valence electrons. The van der Waals surface area contributed by atoms with Gasteiger partial charge in [-0.3, -0.25) is 5.10 Å². The Kier molecular flexibility index (Phi) is 4.24. The topological polar surface area (TPSA) is 118 Å². The third kappa shape index (κ3) is 3.22. The minimum atomic E-state index is -3.53. The summed E-state index contributed by atoms with van der Waals surface area (Å²) in [6.07, 6.45) is 3.78. The molecular formula is C18H20N6O3S. The lowest BCUT2D eigenvalue weighted by Gasteiger charge is -2.30. The second-order valence-corrected chi connectivity index (χ2v) is 9.23. The van der Waals surface area contributed by atoms with E-state index < -0.39 is 10.0 Å². The molecule has 3 aromatic rings. The second-order valence-electron chi connectivity index (χ2n) is 7.29. The molecule has 1 saturated carbocycles. The molecule has 1 atom stereocenters. The predicted molar refractivity (Wildman–Crippen MR) is 98.8 cm³/mol. The Balaban J connectivity index is 1.34. The van der Waals surface area contributed by atoms with Gasteiger partial charge in [0, 0.05) is 19.0 Å². The van der Waals surface area contributed by atoms with Crippen LogP contribution in [0.2, 0.25) is 0 Å². The van der Waals surface area contributed by atoms with Gasteiger partial charge in [-0.25, -0.2) is 13.4 Å². The third-order valence-electron chi connectivity index (χ3n) is 5.22. The van der Waals surface area contributed by atoms with Gasteiger partial charge in [0.15, 0.2) is 0 Å². The third-order valence-corrected chi connectivity index (χ3v) is 7.10. The maximum absolute atomic E-state index is 12.9. The molecule has 0 amide bonds. The standard InChI is InChI=1S/C18H20N6O3S/c25-28(26,14-6-2-1-3-7-14)24-10-4-5-13(11-24)18-20-17(23-27-18)16-19-15(21-22-16)12-8-9-12/h1-3,6-7,12-13H,4-5,8-11H2,(H,19,21,22). The zero-order valence-corrected chi connectivity index (χ0v) is 16.0. The van der Waals surface area contributed by atoms with E-state index in [0.717, 1.165) is 31.5 Å². The number of aromatic nitrogens is 5. The highest BCUT2D eigenvalue weighted by molar-refractivity contribution is 7.89. The molecule has 2 aliphatic rings. The fraction of sp³-hybridized carbons (Fsp3) is 0.444. The molecule has 10 heteroatoms. The maximum Gasteiger partial charge on any atom is 0.243 e. The Morgan fingerprint density at radius 1 is 1.04 bits per heavy atom. The van der Waals surface area contributed by atoms with E-state index in [0.29, 0.717) is 41.4 Å². The first-order valence-electron chi connectivity index (χ1n) is 9.43. The van der Waals surface area contributed by atoms with Crippen molar-refractivity contribution in [2.75, 3.05) is 13.1 Å². The molecular weight excluding hydrogens is 380 g/mol. The number of piperidine rings is 1. The number of nitrogens with zero attached hydrogens (tertiary/aromatic N) is 5. The van der Waals surface area contributed by atoms with Crippen LogP contribution in [0.25, 0.3) is 11.6 Å². The number of benzene rings is 1. The molecule has 0 radical (unpaired) electrons. The van der Waals surface area contributed by atoms with Gasteiger partial charge in [-0.2, -0.15) is 9.29 Å². The monoisotopic (exact) mass is 400 g/mol. The van der Waals surface area contributed by atoms with Crippen LogP contribution in [0.1, 0.15) is 49.2 Å². The van der Waals surface area contributed by atoms with E-state index in [4.69, 9.17) is 4.52 Å². The average molecular weight is 400 g/mol. The highest BCUT2D eigenvalue weighted by Gasteiger charge is 2.34. The average Bonchev–Trinajstić information content (AvgIpc) is 3.26. The molecule has 28 heavy (non-hydrogen) atoms. The molecule has 2 aromatic heterocycles. The number of rotatable bonds is 5. The number of hydrogen-bond donors (Lipinski definition) is 1. The lowest BCUT2D eigenvalue weighted by Crippen LogP contribution is -2.39. The quantitative estimate of drug-likeness (QED) is 0.698. The summed E-state index contributed by atoms with van der Waals surface area (Å²) in [5.74, 6) is 2.36. The summed E-state index contributed by atoms with van der Waals surface area (Å²) in [7, 11) is -3.53. The zero-order chi connectivity index (χ0) is 19.1. The van der Waals surface area contributed by atoms with E-state index in [-0.39, 0.29) is 5.92 Å². The number of hydrogen-bond acceptors (Lipinski definition) is 7. The van der Waals surface area contributed by atoms with Crippen molar-refractivity contribution in [1.29, 1.82) is 0 Å². The van der Waals surface area contributed by atoms with Crippen molar-refractivity contribution >= 4 is 10.0 Å². The summed E-state index contributed by atoms with van der Waals surface area (Å²) in [4.78, 5) is 9.18. The van der Waals surface area contributed by atoms with Crippen LogP contribution in [0.5, 0.6) is 0 Å². The van der Waals surface area contributed by atoms with Crippen molar-refractivity contribution in [2.45, 2.75) is 42.4 Å². The Morgan fingerprint density at radius 2 is 1.86 bits per heavy atom. The van der Waals surface area contributed by atoms with Crippen molar-refractivity contribution in [3.8, 4) is 11.6 Å². The molecule has 2 fully saturated rings. The van der Waals surface area contributed by atoms with Crippen LogP contribution >= 0.6 is 0 Å². The van der Waals surface area contributed by atoms with Gasteiger partial charge in [0.05, 0.1) is 10.8 Å². The second kappa shape index (κ2) is 6.78. The number of aromatic amines is 1. The predicted octanol–water partition coefficient (Wildman–Crippen LogP) is 2.30. The van der Waals surface area contributed by atoms with Crippen LogP contribution in [0.4, 0.5) is 0 Å². The van der Waals surface area contributed by atoms with E-state index in [1.807, 2.05) is 0 Å². The van der Waals surface area contributed by atoms with Gasteiger partial charge in [-0.15, -0.1) is 5.10 Å². The molecule has 0 spiro atoms. The van der Waals surface area contributed by atoms with Crippen molar-refractivity contribution in [1.82, 2.24) is 29.6 Å². The lowest BCUT2D eigenvalue weighted by atomic mass is 10.00. The summed E-state index contributed by atoms with van der Waals surface area (Å²) in [5.41, 5.74) is 0. The Hall–Kier alpha value is -2.59. The van der Waals surface area contributed by atoms with Crippen molar-refractivity contribution in [2.24, 2.45) is 0 Å². The van der Waals surface area contributed by atoms with Gasteiger partial charge < -0.3 is 4.52 Å². The van der Waals surface area contributed by atoms with Crippen LogP contribution < -0.4 is 0 Å². The van der Waals surface area contributed by atoms with Gasteiger partial charge in [0.25, 0.3) is 0 Å². The van der Waals surface area contributed by atoms with E-state index in [2.05, 4.69) is 25.3 Å². The first-order chi connectivity index (χ1) is 13.6. The van der Waals surface area contributed by atoms with Crippen LogP contribution in [-0.2, 0) is 10.0 Å². The number of nitrogens with one attached hydrogen (secondary N) is 1. The molecule has 1 aliphatic carbocycles. The number of H-pyrrole nitrogens is 1. The molecule has 9 nitrogen and oxygen atoms in total. The van der Waals surface area contributed by atoms with E-state index in [1.54, 1.807) is 30.3 Å². The molecule has 3 heterocycles. The van der Waals surface area contributed by atoms with E-state index >= 15 is 0 Å². The fourth-order valence-corrected chi connectivity index (χ4v) is 5.05. The van der Waals surface area contributed by atoms with Crippen LogP contribution in [0.15, 0.2) is 39.8 Å². The zero-order valence-electron chi connectivity index (χ0n) is 15.2. The van der Waals surface area contributed by atoms with Gasteiger partial charge in [-0.1, -0.05) is 23.4 Å². The maximum atomic E-state index is 12.9. The number of sulfonamides is 1. The molecule has 1 saturated heterocycles. The van der Waals surface area contributed by atoms with Gasteiger partial charge in [0.1, 0.15) is 5.82 Å². The smallest absolute Gasteiger partial charge is 0.243 e. The van der Waals surface area contributed by atoms with E-state index in [1.165, 1.54) is 4.31 Å². The van der Waals surface area contributed by atoms with Crippen molar-refractivity contribution < 1.29 is 12.9 Å². The highest BCUT2D eigenvalue weighted by Crippen LogP contribution is 2.38. The molecule has 1 aromatic carbocycles. The van der Waals surface area contributed by atoms with Crippen molar-refractivity contribution in [3.63, 3.8) is 0 Å². The summed E-state index contributed by atoms with van der Waals surface area (Å²) >= 11 is 0. The summed E-state index contributed by atoms with van der Waals surface area (Å²) < 4.78 is 32.7. The highest BCUT2D eigenvalue weighted by atomic mass is 32.2. The SMILES string of the molecule is O=S(=O)(c1ccccc1)N1CCCC(c2nc(-c3n[nH]c(C4CC4)n3)no2)C1. The van der Waals surface area contributed by atoms with Crippen LogP contribution in [0.3, 0.4) is 0 Å². The van der Waals surface area contributed by atoms with E-state index in [9.17, 15) is 8.42 Å². The van der Waals surface area contributed by atoms with Gasteiger partial charge >= 0.3 is 0 Å². The molecule has 0 bridgehead atoms. The first-order valence-corrected chi connectivity index (χ1v) is 10.9.